The summed E-state index contributed by atoms with van der Waals surface area (Å²) < 4.78 is 17.1. The molecular formula is C20H15BrClNO5S. The molecule has 2 aromatic carbocycles. The van der Waals surface area contributed by atoms with Crippen LogP contribution in [-0.4, -0.2) is 29.4 Å². The molecular weight excluding hydrogens is 482 g/mol. The molecule has 6 nitrogen and oxygen atoms in total. The molecule has 0 aromatic heterocycles. The topological polar surface area (TPSA) is 65.1 Å². The van der Waals surface area contributed by atoms with Crippen molar-refractivity contribution in [3.63, 3.8) is 0 Å². The highest BCUT2D eigenvalue weighted by Crippen LogP contribution is 2.40. The molecule has 2 amide bonds. The third kappa shape index (κ3) is 4.10. The van der Waals surface area contributed by atoms with Crippen LogP contribution < -0.4 is 14.2 Å². The van der Waals surface area contributed by atoms with Crippen molar-refractivity contribution in [2.45, 2.75) is 13.5 Å². The molecule has 0 unspecified atom stereocenters. The first-order valence-corrected chi connectivity index (χ1v) is 10.7. The van der Waals surface area contributed by atoms with Crippen molar-refractivity contribution in [3.8, 4) is 17.2 Å². The zero-order chi connectivity index (χ0) is 20.5. The van der Waals surface area contributed by atoms with Gasteiger partial charge in [-0.15, -0.1) is 0 Å². The van der Waals surface area contributed by atoms with Crippen molar-refractivity contribution in [1.29, 1.82) is 0 Å². The van der Waals surface area contributed by atoms with E-state index >= 15 is 0 Å². The van der Waals surface area contributed by atoms with Gasteiger partial charge in [-0.05, 0) is 54.6 Å². The van der Waals surface area contributed by atoms with Crippen LogP contribution in [0.15, 0.2) is 39.7 Å². The molecule has 0 aliphatic carbocycles. The van der Waals surface area contributed by atoms with Crippen molar-refractivity contribution in [2.75, 3.05) is 13.4 Å². The van der Waals surface area contributed by atoms with Gasteiger partial charge in [0.25, 0.3) is 11.1 Å². The van der Waals surface area contributed by atoms with E-state index in [1.807, 2.05) is 25.1 Å². The Morgan fingerprint density at radius 1 is 1.24 bits per heavy atom. The average Bonchev–Trinajstić information content (AvgIpc) is 3.23. The number of thioether (sulfide) groups is 1. The van der Waals surface area contributed by atoms with E-state index in [-0.39, 0.29) is 24.5 Å². The van der Waals surface area contributed by atoms with Crippen LogP contribution in [0.2, 0.25) is 5.02 Å². The molecule has 4 rings (SSSR count). The number of halogens is 2. The highest BCUT2D eigenvalue weighted by atomic mass is 79.9. The zero-order valence-corrected chi connectivity index (χ0v) is 18.4. The molecule has 2 aliphatic heterocycles. The number of hydrogen-bond acceptors (Lipinski definition) is 6. The normalized spacial score (nSPS) is 16.8. The van der Waals surface area contributed by atoms with Gasteiger partial charge in [-0.25, -0.2) is 0 Å². The van der Waals surface area contributed by atoms with Gasteiger partial charge in [0.2, 0.25) is 6.79 Å². The maximum absolute atomic E-state index is 12.9. The first kappa shape index (κ1) is 20.1. The quantitative estimate of drug-likeness (QED) is 0.512. The predicted molar refractivity (Wildman–Crippen MR) is 114 cm³/mol. The molecule has 2 aromatic rings. The maximum atomic E-state index is 12.9. The SMILES string of the molecule is CCOc1ccc(Br)cc1/C=C1/SC(=O)N(Cc2cc3c(cc2Cl)OCO3)C1=O. The lowest BCUT2D eigenvalue weighted by molar-refractivity contribution is -0.123. The van der Waals surface area contributed by atoms with Gasteiger partial charge < -0.3 is 14.2 Å². The summed E-state index contributed by atoms with van der Waals surface area (Å²) in [5.74, 6) is 1.35. The molecule has 0 atom stereocenters. The van der Waals surface area contributed by atoms with Crippen LogP contribution in [0.25, 0.3) is 6.08 Å². The molecule has 0 radical (unpaired) electrons. The fourth-order valence-corrected chi connectivity index (χ4v) is 4.37. The van der Waals surface area contributed by atoms with E-state index in [1.165, 1.54) is 0 Å². The number of rotatable bonds is 5. The van der Waals surface area contributed by atoms with Gasteiger partial charge in [0.1, 0.15) is 5.75 Å². The average molecular weight is 497 g/mol. The van der Waals surface area contributed by atoms with Gasteiger partial charge >= 0.3 is 0 Å². The summed E-state index contributed by atoms with van der Waals surface area (Å²) in [5, 5.41) is 0.0471. The second kappa shape index (κ2) is 8.30. The number of ether oxygens (including phenoxy) is 3. The van der Waals surface area contributed by atoms with Gasteiger partial charge in [-0.1, -0.05) is 27.5 Å². The van der Waals surface area contributed by atoms with Crippen molar-refractivity contribution >= 4 is 56.5 Å². The lowest BCUT2D eigenvalue weighted by Crippen LogP contribution is -2.27. The van der Waals surface area contributed by atoms with Crippen molar-refractivity contribution in [3.05, 3.63) is 55.9 Å². The minimum Gasteiger partial charge on any atom is -0.493 e. The monoisotopic (exact) mass is 495 g/mol. The van der Waals surface area contributed by atoms with Crippen LogP contribution >= 0.6 is 39.3 Å². The molecule has 0 saturated carbocycles. The lowest BCUT2D eigenvalue weighted by Gasteiger charge is -2.14. The summed E-state index contributed by atoms with van der Waals surface area (Å²) in [7, 11) is 0. The number of carbonyl (C=O) groups is 2. The zero-order valence-electron chi connectivity index (χ0n) is 15.2. The molecule has 0 bridgehead atoms. The molecule has 1 saturated heterocycles. The summed E-state index contributed by atoms with van der Waals surface area (Å²) in [6.07, 6.45) is 1.67. The number of amides is 2. The minimum absolute atomic E-state index is 0.0499. The summed E-state index contributed by atoms with van der Waals surface area (Å²) >= 11 is 10.6. The van der Waals surface area contributed by atoms with Crippen LogP contribution in [0.5, 0.6) is 17.2 Å². The van der Waals surface area contributed by atoms with Gasteiger partial charge in [0.05, 0.1) is 18.1 Å². The number of fused-ring (bicyclic) bond motifs is 1. The number of nitrogens with zero attached hydrogens (tertiary/aromatic N) is 1. The minimum atomic E-state index is -0.379. The Morgan fingerprint density at radius 3 is 2.76 bits per heavy atom. The molecule has 1 fully saturated rings. The Labute approximate surface area is 184 Å². The second-order valence-electron chi connectivity index (χ2n) is 6.18. The third-order valence-electron chi connectivity index (χ3n) is 4.30. The van der Waals surface area contributed by atoms with Crippen molar-refractivity contribution in [2.24, 2.45) is 0 Å². The third-order valence-corrected chi connectivity index (χ3v) is 6.05. The van der Waals surface area contributed by atoms with E-state index in [4.69, 9.17) is 25.8 Å². The number of imide groups is 1. The van der Waals surface area contributed by atoms with E-state index in [1.54, 1.807) is 18.2 Å². The van der Waals surface area contributed by atoms with Crippen molar-refractivity contribution in [1.82, 2.24) is 4.90 Å². The smallest absolute Gasteiger partial charge is 0.293 e. The first-order valence-electron chi connectivity index (χ1n) is 8.72. The first-order chi connectivity index (χ1) is 14.0. The Kier molecular flexibility index (Phi) is 5.76. The number of hydrogen-bond donors (Lipinski definition) is 0. The van der Waals surface area contributed by atoms with Crippen LogP contribution in [-0.2, 0) is 11.3 Å². The fraction of sp³-hybridized carbons (Fsp3) is 0.200. The van der Waals surface area contributed by atoms with Crippen LogP contribution in [0.1, 0.15) is 18.1 Å². The van der Waals surface area contributed by atoms with E-state index in [0.29, 0.717) is 44.9 Å². The Hall–Kier alpha value is -2.16. The Balaban J connectivity index is 1.60. The van der Waals surface area contributed by atoms with Gasteiger partial charge in [-0.3, -0.25) is 14.5 Å². The van der Waals surface area contributed by atoms with E-state index in [2.05, 4.69) is 15.9 Å². The summed E-state index contributed by atoms with van der Waals surface area (Å²) in [6.45, 7) is 2.55. The number of benzene rings is 2. The van der Waals surface area contributed by atoms with Crippen LogP contribution in [0, 0.1) is 0 Å². The van der Waals surface area contributed by atoms with E-state index < -0.39 is 0 Å². The maximum Gasteiger partial charge on any atom is 0.293 e. The van der Waals surface area contributed by atoms with Crippen molar-refractivity contribution < 1.29 is 23.8 Å². The van der Waals surface area contributed by atoms with Gasteiger partial charge in [0, 0.05) is 21.1 Å². The summed E-state index contributed by atoms with van der Waals surface area (Å²) in [6, 6.07) is 8.84. The van der Waals surface area contributed by atoms with E-state index in [9.17, 15) is 9.59 Å². The molecule has 150 valence electrons. The van der Waals surface area contributed by atoms with Gasteiger partial charge in [-0.2, -0.15) is 0 Å². The van der Waals surface area contributed by atoms with E-state index in [0.717, 1.165) is 21.1 Å². The lowest BCUT2D eigenvalue weighted by atomic mass is 10.1. The fourth-order valence-electron chi connectivity index (χ4n) is 2.95. The predicted octanol–water partition coefficient (Wildman–Crippen LogP) is 5.47. The molecule has 2 heterocycles. The van der Waals surface area contributed by atoms with Crippen LogP contribution in [0.4, 0.5) is 4.79 Å². The highest BCUT2D eigenvalue weighted by molar-refractivity contribution is 9.10. The summed E-state index contributed by atoms with van der Waals surface area (Å²) in [5.41, 5.74) is 1.32. The second-order valence-corrected chi connectivity index (χ2v) is 8.50. The molecule has 0 spiro atoms. The Bertz CT molecular complexity index is 1040. The molecule has 29 heavy (non-hydrogen) atoms. The standard InChI is InChI=1S/C20H15BrClNO5S/c1-2-26-15-4-3-13(21)5-11(15)7-18-19(24)23(20(25)29-18)9-12-6-16-17(8-14(12)22)28-10-27-16/h3-8H,2,9-10H2,1H3/b18-7+. The highest BCUT2D eigenvalue weighted by Gasteiger charge is 2.36. The van der Waals surface area contributed by atoms with Crippen LogP contribution in [0.3, 0.4) is 0 Å². The molecule has 0 N–H and O–H groups in total. The number of carbonyl (C=O) groups excluding carboxylic acids is 2. The molecule has 2 aliphatic rings. The summed E-state index contributed by atoms with van der Waals surface area (Å²) in [4.78, 5) is 26.9. The Morgan fingerprint density at radius 2 is 2.00 bits per heavy atom. The largest absolute Gasteiger partial charge is 0.493 e. The van der Waals surface area contributed by atoms with Gasteiger partial charge in [0.15, 0.2) is 11.5 Å². The molecule has 9 heteroatoms.